The van der Waals surface area contributed by atoms with Crippen molar-refractivity contribution in [3.05, 3.63) is 38.0 Å². The van der Waals surface area contributed by atoms with Gasteiger partial charge in [0.05, 0.1) is 6.42 Å². The average Bonchev–Trinajstić information content (AvgIpc) is 2.69. The number of ketones is 1. The Bertz CT molecular complexity index is 574. The Morgan fingerprint density at radius 3 is 1.36 bits per heavy atom. The molecule has 9 heteroatoms. The molecule has 0 amide bonds. The first kappa shape index (κ1) is 24.8. The lowest BCUT2D eigenvalue weighted by Crippen LogP contribution is -2.43. The molecule has 0 aliphatic rings. The lowest BCUT2D eigenvalue weighted by Gasteiger charge is -2.31. The summed E-state index contributed by atoms with van der Waals surface area (Å²) >= 11 is 0. The summed E-state index contributed by atoms with van der Waals surface area (Å²) in [7, 11) is 0. The van der Waals surface area contributed by atoms with E-state index in [1.165, 1.54) is 6.92 Å². The minimum Gasteiger partial charge on any atom is -0.465 e. The van der Waals surface area contributed by atoms with Gasteiger partial charge in [0, 0.05) is 24.6 Å². The summed E-state index contributed by atoms with van der Waals surface area (Å²) in [4.78, 5) is 57.1. The van der Waals surface area contributed by atoms with Crippen molar-refractivity contribution in [1.29, 1.82) is 0 Å². The van der Waals surface area contributed by atoms with Crippen LogP contribution in [0, 0.1) is 5.41 Å². The maximum absolute atomic E-state index is 11.8. The molecule has 0 heterocycles. The second-order valence-corrected chi connectivity index (χ2v) is 5.80. The van der Waals surface area contributed by atoms with Crippen molar-refractivity contribution in [3.63, 3.8) is 0 Å². The highest BCUT2D eigenvalue weighted by Gasteiger charge is 2.37. The molecule has 0 spiro atoms. The van der Waals surface area contributed by atoms with Gasteiger partial charge in [0.1, 0.15) is 37.6 Å². The largest absolute Gasteiger partial charge is 0.465 e. The fraction of sp³-hybridized carbons (Fsp3) is 0.421. The Morgan fingerprint density at radius 1 is 0.679 bits per heavy atom. The van der Waals surface area contributed by atoms with E-state index < -0.39 is 55.7 Å². The zero-order chi connectivity index (χ0) is 21.6. The summed E-state index contributed by atoms with van der Waals surface area (Å²) in [6.45, 7) is 9.47. The third-order valence-electron chi connectivity index (χ3n) is 3.28. The zero-order valence-electron chi connectivity index (χ0n) is 15.8. The summed E-state index contributed by atoms with van der Waals surface area (Å²) in [6.07, 6.45) is 2.57. The highest BCUT2D eigenvalue weighted by molar-refractivity contribution is 5.82. The van der Waals surface area contributed by atoms with Crippen molar-refractivity contribution in [3.8, 4) is 0 Å². The SMILES string of the molecule is C=CC(=O)OCC(COC(=O)C=C)(COC(=O)C=C)COC(=O)CCC(C)=O. The van der Waals surface area contributed by atoms with Gasteiger partial charge in [0.15, 0.2) is 0 Å². The van der Waals surface area contributed by atoms with Crippen molar-refractivity contribution >= 4 is 29.7 Å². The summed E-state index contributed by atoms with van der Waals surface area (Å²) in [5.74, 6) is -3.23. The smallest absolute Gasteiger partial charge is 0.330 e. The van der Waals surface area contributed by atoms with Crippen LogP contribution in [0.3, 0.4) is 0 Å². The van der Waals surface area contributed by atoms with Gasteiger partial charge < -0.3 is 23.7 Å². The molecule has 154 valence electrons. The van der Waals surface area contributed by atoms with Crippen LogP contribution in [0.1, 0.15) is 19.8 Å². The van der Waals surface area contributed by atoms with Gasteiger partial charge in [-0.05, 0) is 6.92 Å². The van der Waals surface area contributed by atoms with E-state index in [2.05, 4.69) is 19.7 Å². The number of carbonyl (C=O) groups is 5. The molecule has 0 radical (unpaired) electrons. The highest BCUT2D eigenvalue weighted by atomic mass is 16.6. The molecule has 0 saturated heterocycles. The van der Waals surface area contributed by atoms with Gasteiger partial charge in [0.2, 0.25) is 0 Å². The number of Topliss-reactive ketones (excluding diaryl/α,β-unsaturated/α-hetero) is 1. The molecule has 0 aliphatic carbocycles. The minimum atomic E-state index is -1.39. The standard InChI is InChI=1S/C19H24O9/c1-5-15(21)25-10-19(11-26-16(22)6-2,12-27-17(23)7-3)13-28-18(24)9-8-14(4)20/h5-7H,1-3,8-13H2,4H3. The van der Waals surface area contributed by atoms with Crippen LogP contribution in [0.4, 0.5) is 0 Å². The first-order valence-corrected chi connectivity index (χ1v) is 8.20. The lowest BCUT2D eigenvalue weighted by atomic mass is 9.92. The molecule has 0 aromatic carbocycles. The van der Waals surface area contributed by atoms with E-state index in [9.17, 15) is 24.0 Å². The molecule has 0 rings (SSSR count). The molecule has 28 heavy (non-hydrogen) atoms. The van der Waals surface area contributed by atoms with Crippen LogP contribution in [0.5, 0.6) is 0 Å². The number of hydrogen-bond acceptors (Lipinski definition) is 9. The van der Waals surface area contributed by atoms with E-state index >= 15 is 0 Å². The van der Waals surface area contributed by atoms with Crippen molar-refractivity contribution in [2.24, 2.45) is 5.41 Å². The number of ether oxygens (including phenoxy) is 4. The van der Waals surface area contributed by atoms with Crippen molar-refractivity contribution < 1.29 is 42.9 Å². The van der Waals surface area contributed by atoms with Crippen LogP contribution in [-0.2, 0) is 42.9 Å². The van der Waals surface area contributed by atoms with E-state index in [-0.39, 0.29) is 18.6 Å². The Balaban J connectivity index is 5.36. The quantitative estimate of drug-likeness (QED) is 0.241. The van der Waals surface area contributed by atoms with Crippen molar-refractivity contribution in [2.75, 3.05) is 26.4 Å². The predicted molar refractivity (Wildman–Crippen MR) is 96.8 cm³/mol. The number of rotatable bonds is 14. The third-order valence-corrected chi connectivity index (χ3v) is 3.28. The van der Waals surface area contributed by atoms with Crippen LogP contribution in [0.25, 0.3) is 0 Å². The van der Waals surface area contributed by atoms with Gasteiger partial charge in [-0.15, -0.1) is 0 Å². The summed E-state index contributed by atoms with van der Waals surface area (Å²) in [5.41, 5.74) is -1.39. The topological polar surface area (TPSA) is 122 Å². The van der Waals surface area contributed by atoms with E-state index in [0.717, 1.165) is 18.2 Å². The fourth-order valence-corrected chi connectivity index (χ4v) is 1.68. The van der Waals surface area contributed by atoms with Gasteiger partial charge in [-0.25, -0.2) is 14.4 Å². The summed E-state index contributed by atoms with van der Waals surface area (Å²) < 4.78 is 20.1. The molecule has 0 aromatic heterocycles. The molecule has 0 unspecified atom stereocenters. The van der Waals surface area contributed by atoms with Crippen LogP contribution >= 0.6 is 0 Å². The van der Waals surface area contributed by atoms with E-state index in [0.29, 0.717) is 0 Å². The molecule has 0 fully saturated rings. The second kappa shape index (κ2) is 13.0. The van der Waals surface area contributed by atoms with Crippen molar-refractivity contribution in [2.45, 2.75) is 19.8 Å². The average molecular weight is 396 g/mol. The fourth-order valence-electron chi connectivity index (χ4n) is 1.68. The lowest BCUT2D eigenvalue weighted by molar-refractivity contribution is -0.166. The number of esters is 4. The van der Waals surface area contributed by atoms with Crippen molar-refractivity contribution in [1.82, 2.24) is 0 Å². The Morgan fingerprint density at radius 2 is 1.04 bits per heavy atom. The predicted octanol–water partition coefficient (Wildman–Crippen LogP) is 1.07. The van der Waals surface area contributed by atoms with Crippen LogP contribution in [0.15, 0.2) is 38.0 Å². The number of hydrogen-bond donors (Lipinski definition) is 0. The highest BCUT2D eigenvalue weighted by Crippen LogP contribution is 2.22. The van der Waals surface area contributed by atoms with Gasteiger partial charge in [-0.1, -0.05) is 19.7 Å². The van der Waals surface area contributed by atoms with Gasteiger partial charge >= 0.3 is 23.9 Å². The molecular formula is C19H24O9. The molecular weight excluding hydrogens is 372 g/mol. The van der Waals surface area contributed by atoms with Gasteiger partial charge in [-0.3, -0.25) is 4.79 Å². The van der Waals surface area contributed by atoms with E-state index in [1.807, 2.05) is 0 Å². The van der Waals surface area contributed by atoms with E-state index in [1.54, 1.807) is 0 Å². The minimum absolute atomic E-state index is 0.00577. The first-order valence-electron chi connectivity index (χ1n) is 8.20. The van der Waals surface area contributed by atoms with Crippen LogP contribution in [-0.4, -0.2) is 56.1 Å². The summed E-state index contributed by atoms with van der Waals surface area (Å²) in [5, 5.41) is 0. The van der Waals surface area contributed by atoms with Crippen LogP contribution in [0.2, 0.25) is 0 Å². The van der Waals surface area contributed by atoms with Gasteiger partial charge in [-0.2, -0.15) is 0 Å². The number of carbonyl (C=O) groups excluding carboxylic acids is 5. The molecule has 0 atom stereocenters. The molecule has 9 nitrogen and oxygen atoms in total. The molecule has 0 bridgehead atoms. The maximum Gasteiger partial charge on any atom is 0.330 e. The zero-order valence-corrected chi connectivity index (χ0v) is 15.8. The van der Waals surface area contributed by atoms with Gasteiger partial charge in [0.25, 0.3) is 0 Å². The first-order chi connectivity index (χ1) is 13.2. The molecule has 0 saturated carbocycles. The van der Waals surface area contributed by atoms with Crippen LogP contribution < -0.4 is 0 Å². The normalized spacial score (nSPS) is 10.2. The monoisotopic (exact) mass is 396 g/mol. The molecule has 0 N–H and O–H groups in total. The van der Waals surface area contributed by atoms with E-state index in [4.69, 9.17) is 18.9 Å². The molecule has 0 aromatic rings. The summed E-state index contributed by atoms with van der Waals surface area (Å²) in [6, 6.07) is 0. The Labute approximate surface area is 163 Å². The Hall–Kier alpha value is -3.23. The Kier molecular flexibility index (Phi) is 11.5. The third kappa shape index (κ3) is 10.7. The maximum atomic E-state index is 11.8. The molecule has 0 aliphatic heterocycles. The second-order valence-electron chi connectivity index (χ2n) is 5.80.